The largest absolute Gasteiger partial charge is 0.310 e. The molecule has 4 aliphatic rings. The van der Waals surface area contributed by atoms with Gasteiger partial charge in [0.2, 0.25) is 0 Å². The Labute approximate surface area is 696 Å². The molecule has 2 atom stereocenters. The molecule has 25 rings (SSSR count). The highest BCUT2D eigenvalue weighted by atomic mass is 15.2. The van der Waals surface area contributed by atoms with Crippen LogP contribution in [0.25, 0.3) is 144 Å². The number of hydrogen-bond acceptors (Lipinski definition) is 2. The van der Waals surface area contributed by atoms with Gasteiger partial charge in [-0.15, -0.1) is 0 Å². The van der Waals surface area contributed by atoms with E-state index >= 15 is 0 Å². The van der Waals surface area contributed by atoms with Crippen molar-refractivity contribution in [2.24, 2.45) is 0 Å². The third-order valence-corrected chi connectivity index (χ3v) is 26.5. The molecule has 0 saturated carbocycles. The molecule has 0 fully saturated rings. The van der Waals surface area contributed by atoms with Gasteiger partial charge in [-0.25, -0.2) is 0 Å². The number of nitrogens with zero attached hydrogens (tertiary/aromatic N) is 4. The van der Waals surface area contributed by atoms with Gasteiger partial charge in [-0.05, 0) is 207 Å². The standard InChI is InChI=1S/C116H74N4/c1-4-31-77(32-5-1)84-37-10-12-39-87(84)93-43-16-23-55-106(93)117(80-35-8-3-9-36-80)82-69-71-92-90-42-15-20-50-99(90)116(105(92)73-82)101-52-22-27-59-110(101)120-111-60-30-46-86(112(111)97-48-29-54-103(116)114(97)120)79-63-61-75(62-64-79)76-65-67-81(68-66-76)118(107-56-24-17-44-94(107)88-40-13-11-38-85(88)78-33-6-2-7-34-78)83-70-72-91-89-41-14-19-49-98(89)115(104(91)74-83)100-51-21-26-58-109(100)119-108-57-25-18-45-95(108)96-47-28-53-102(115)113(96)119/h1-74H. The predicted molar refractivity (Wildman–Crippen MR) is 499 cm³/mol. The van der Waals surface area contributed by atoms with E-state index < -0.39 is 10.8 Å². The highest BCUT2D eigenvalue weighted by molar-refractivity contribution is 6.19. The maximum Gasteiger partial charge on any atom is 0.0755 e. The van der Waals surface area contributed by atoms with E-state index in [0.29, 0.717) is 0 Å². The second kappa shape index (κ2) is 26.5. The first kappa shape index (κ1) is 67.7. The van der Waals surface area contributed by atoms with Gasteiger partial charge >= 0.3 is 0 Å². The molecule has 19 aromatic carbocycles. The van der Waals surface area contributed by atoms with Crippen molar-refractivity contribution >= 4 is 77.7 Å². The van der Waals surface area contributed by atoms with Crippen molar-refractivity contribution in [1.82, 2.24) is 9.13 Å². The molecule has 2 aromatic heterocycles. The minimum Gasteiger partial charge on any atom is -0.310 e. The van der Waals surface area contributed by atoms with Crippen LogP contribution in [0.5, 0.6) is 0 Å². The van der Waals surface area contributed by atoms with Gasteiger partial charge in [0, 0.05) is 55.4 Å². The lowest BCUT2D eigenvalue weighted by Crippen LogP contribution is -2.33. The lowest BCUT2D eigenvalue weighted by molar-refractivity contribution is 0.748. The molecule has 0 radical (unpaired) electrons. The molecule has 4 heteroatoms. The van der Waals surface area contributed by atoms with E-state index in [1.165, 1.54) is 161 Å². The van der Waals surface area contributed by atoms with Crippen molar-refractivity contribution in [2.75, 3.05) is 9.80 Å². The van der Waals surface area contributed by atoms with Crippen molar-refractivity contribution in [3.8, 4) is 100 Å². The molecule has 558 valence electrons. The molecule has 2 spiro atoms. The fourth-order valence-corrected chi connectivity index (χ4v) is 21.8. The van der Waals surface area contributed by atoms with E-state index in [-0.39, 0.29) is 0 Å². The zero-order valence-electron chi connectivity index (χ0n) is 65.5. The Kier molecular flexibility index (Phi) is 14.9. The van der Waals surface area contributed by atoms with E-state index in [1.807, 2.05) is 0 Å². The lowest BCUT2D eigenvalue weighted by atomic mass is 9.65. The first-order chi connectivity index (χ1) is 59.6. The monoisotopic (exact) mass is 1520 g/mol. The molecular weight excluding hydrogens is 1450 g/mol. The van der Waals surface area contributed by atoms with E-state index in [0.717, 1.165) is 61.9 Å². The van der Waals surface area contributed by atoms with Crippen LogP contribution in [0.4, 0.5) is 34.1 Å². The third-order valence-electron chi connectivity index (χ3n) is 26.5. The fourth-order valence-electron chi connectivity index (χ4n) is 21.8. The van der Waals surface area contributed by atoms with Crippen molar-refractivity contribution in [3.05, 3.63) is 493 Å². The van der Waals surface area contributed by atoms with Crippen molar-refractivity contribution in [1.29, 1.82) is 0 Å². The van der Waals surface area contributed by atoms with E-state index in [2.05, 4.69) is 468 Å². The highest BCUT2D eigenvalue weighted by Crippen LogP contribution is 2.65. The second-order valence-corrected chi connectivity index (χ2v) is 32.4. The summed E-state index contributed by atoms with van der Waals surface area (Å²) < 4.78 is 5.12. The van der Waals surface area contributed by atoms with Crippen LogP contribution >= 0.6 is 0 Å². The minimum atomic E-state index is -0.686. The minimum absolute atomic E-state index is 0.640. The molecule has 4 heterocycles. The molecule has 2 aliphatic carbocycles. The Morgan fingerprint density at radius 3 is 1.05 bits per heavy atom. The van der Waals surface area contributed by atoms with Crippen LogP contribution in [0.3, 0.4) is 0 Å². The van der Waals surface area contributed by atoms with Gasteiger partial charge in [0.15, 0.2) is 0 Å². The predicted octanol–water partition coefficient (Wildman–Crippen LogP) is 30.2. The molecule has 2 unspecified atom stereocenters. The molecule has 0 bridgehead atoms. The fraction of sp³-hybridized carbons (Fsp3) is 0.0172. The summed E-state index contributed by atoms with van der Waals surface area (Å²) in [5.41, 5.74) is 41.7. The van der Waals surface area contributed by atoms with Gasteiger partial charge < -0.3 is 18.9 Å². The molecular formula is C116H74N4. The van der Waals surface area contributed by atoms with Gasteiger partial charge in [-0.1, -0.05) is 364 Å². The number of fused-ring (bicyclic) bond motifs is 24. The number of aromatic nitrogens is 2. The first-order valence-electron chi connectivity index (χ1n) is 41.7. The van der Waals surface area contributed by atoms with Crippen molar-refractivity contribution in [3.63, 3.8) is 0 Å². The average Bonchev–Trinajstić information content (AvgIpc) is 1.49. The Morgan fingerprint density at radius 1 is 0.175 bits per heavy atom. The quantitative estimate of drug-likeness (QED) is 0.121. The Morgan fingerprint density at radius 2 is 0.508 bits per heavy atom. The zero-order chi connectivity index (χ0) is 78.7. The van der Waals surface area contributed by atoms with Gasteiger partial charge in [-0.2, -0.15) is 0 Å². The van der Waals surface area contributed by atoms with E-state index in [4.69, 9.17) is 0 Å². The summed E-state index contributed by atoms with van der Waals surface area (Å²) in [4.78, 5) is 5.00. The van der Waals surface area contributed by atoms with E-state index in [9.17, 15) is 0 Å². The molecule has 0 amide bonds. The summed E-state index contributed by atoms with van der Waals surface area (Å²) in [5, 5.41) is 4.99. The zero-order valence-corrected chi connectivity index (χ0v) is 65.5. The molecule has 0 saturated heterocycles. The molecule has 21 aromatic rings. The molecule has 2 aliphatic heterocycles. The Bertz CT molecular complexity index is 7780. The van der Waals surface area contributed by atoms with Crippen LogP contribution in [0, 0.1) is 0 Å². The summed E-state index contributed by atoms with van der Waals surface area (Å²) in [7, 11) is 0. The van der Waals surface area contributed by atoms with E-state index in [1.54, 1.807) is 0 Å². The summed E-state index contributed by atoms with van der Waals surface area (Å²) in [6.45, 7) is 0. The topological polar surface area (TPSA) is 16.3 Å². The second-order valence-electron chi connectivity index (χ2n) is 32.4. The van der Waals surface area contributed by atoms with Crippen LogP contribution in [0.1, 0.15) is 44.5 Å². The first-order valence-corrected chi connectivity index (χ1v) is 41.7. The van der Waals surface area contributed by atoms with Gasteiger partial charge in [0.25, 0.3) is 0 Å². The summed E-state index contributed by atoms with van der Waals surface area (Å²) >= 11 is 0. The third kappa shape index (κ3) is 9.58. The van der Waals surface area contributed by atoms with Crippen LogP contribution in [0.2, 0.25) is 0 Å². The summed E-state index contributed by atoms with van der Waals surface area (Å²) in [6, 6.07) is 168. The van der Waals surface area contributed by atoms with Gasteiger partial charge in [0.05, 0.1) is 55.6 Å². The number of rotatable bonds is 12. The maximum atomic E-state index is 2.58. The normalized spacial score (nSPS) is 14.7. The molecule has 4 nitrogen and oxygen atoms in total. The summed E-state index contributed by atoms with van der Waals surface area (Å²) in [6.07, 6.45) is 0. The maximum absolute atomic E-state index is 2.58. The SMILES string of the molecule is c1ccc(-c2ccccc2-c2ccccc2N(c2ccc(-c3ccc(-c4cccc5c4c4cccc6c4n5-c4ccccc4C64c5ccccc5-c5ccc(N(c6ccccc6)c6ccccc6-c6ccccc6-c6ccccc6)cc54)cc3)cc2)c2ccc3c(c2)C2(c4ccccc4-3)c3ccccc3-n3c4ccccc4c4cccc2c43)cc1. The smallest absolute Gasteiger partial charge is 0.0755 e. The lowest BCUT2D eigenvalue weighted by Gasteiger charge is -2.40. The average molecular weight is 1520 g/mol. The Balaban J connectivity index is 0.623. The Hall–Kier alpha value is -15.6. The number of para-hydroxylation sites is 8. The van der Waals surface area contributed by atoms with Crippen LogP contribution in [-0.2, 0) is 10.8 Å². The van der Waals surface area contributed by atoms with Crippen LogP contribution < -0.4 is 9.80 Å². The molecule has 120 heavy (non-hydrogen) atoms. The van der Waals surface area contributed by atoms with Gasteiger partial charge in [-0.3, -0.25) is 0 Å². The molecule has 0 N–H and O–H groups in total. The van der Waals surface area contributed by atoms with Crippen LogP contribution in [-0.4, -0.2) is 9.13 Å². The van der Waals surface area contributed by atoms with Crippen molar-refractivity contribution < 1.29 is 0 Å². The van der Waals surface area contributed by atoms with Crippen LogP contribution in [0.15, 0.2) is 449 Å². The van der Waals surface area contributed by atoms with Crippen molar-refractivity contribution in [2.45, 2.75) is 10.8 Å². The number of benzene rings is 19. The highest BCUT2D eigenvalue weighted by Gasteiger charge is 2.53. The summed E-state index contributed by atoms with van der Waals surface area (Å²) in [5.74, 6) is 0. The number of anilines is 6. The number of hydrogen-bond donors (Lipinski definition) is 0. The van der Waals surface area contributed by atoms with Gasteiger partial charge in [0.1, 0.15) is 0 Å².